The van der Waals surface area contributed by atoms with E-state index in [1.165, 1.54) is 11.0 Å². The van der Waals surface area contributed by atoms with Gasteiger partial charge in [0.15, 0.2) is 6.10 Å². The number of cyclic esters (lactones) is 1. The van der Waals surface area contributed by atoms with Crippen LogP contribution in [0, 0.1) is 5.82 Å². The zero-order valence-electron chi connectivity index (χ0n) is 16.3. The van der Waals surface area contributed by atoms with E-state index < -0.39 is 24.4 Å². The Morgan fingerprint density at radius 2 is 2.13 bits per heavy atom. The number of benzene rings is 1. The first kappa shape index (κ1) is 20.8. The maximum atomic E-state index is 14.7. The van der Waals surface area contributed by atoms with Crippen LogP contribution in [0.15, 0.2) is 30.4 Å². The molecule has 2 amide bonds. The molecule has 2 aliphatic heterocycles. The Labute approximate surface area is 178 Å². The zero-order valence-corrected chi connectivity index (χ0v) is 17.1. The van der Waals surface area contributed by atoms with Gasteiger partial charge in [-0.3, -0.25) is 4.90 Å². The van der Waals surface area contributed by atoms with Crippen LogP contribution in [0.4, 0.5) is 25.4 Å². The number of aliphatic hydroxyl groups is 1. The first-order chi connectivity index (χ1) is 14.5. The smallest absolute Gasteiger partial charge is 0.414 e. The van der Waals surface area contributed by atoms with E-state index in [2.05, 4.69) is 5.32 Å². The molecule has 2 fully saturated rings. The molecule has 0 aromatic heterocycles. The second-order valence-electron chi connectivity index (χ2n) is 7.39. The summed E-state index contributed by atoms with van der Waals surface area (Å²) in [5, 5.41) is 12.0. The van der Waals surface area contributed by atoms with E-state index in [1.807, 2.05) is 16.7 Å². The minimum Gasteiger partial charge on any atom is -0.446 e. The second kappa shape index (κ2) is 9.13. The molecule has 8 nitrogen and oxygen atoms in total. The number of anilines is 2. The number of hydrogen-bond acceptors (Lipinski definition) is 7. The first-order valence-corrected chi connectivity index (χ1v) is 11.0. The van der Waals surface area contributed by atoms with E-state index >= 15 is 0 Å². The number of hydrogen-bond donors (Lipinski definition) is 2. The Bertz CT molecular complexity index is 833. The van der Waals surface area contributed by atoms with Crippen LogP contribution in [0.1, 0.15) is 6.42 Å². The van der Waals surface area contributed by atoms with Crippen LogP contribution >= 0.6 is 11.8 Å². The van der Waals surface area contributed by atoms with Gasteiger partial charge in [-0.05, 0) is 18.2 Å². The summed E-state index contributed by atoms with van der Waals surface area (Å²) in [4.78, 5) is 27.4. The molecule has 1 aliphatic carbocycles. The molecule has 162 valence electrons. The number of thioether (sulfide) groups is 1. The third-order valence-corrected chi connectivity index (χ3v) is 6.18. The highest BCUT2D eigenvalue weighted by Gasteiger charge is 2.34. The quantitative estimate of drug-likeness (QED) is 0.682. The van der Waals surface area contributed by atoms with Gasteiger partial charge in [0.05, 0.1) is 30.1 Å². The average Bonchev–Trinajstić information content (AvgIpc) is 3.32. The molecule has 4 rings (SSSR count). The van der Waals surface area contributed by atoms with Gasteiger partial charge in [0.2, 0.25) is 0 Å². The van der Waals surface area contributed by atoms with Crippen LogP contribution in [0.3, 0.4) is 0 Å². The van der Waals surface area contributed by atoms with Crippen LogP contribution < -0.4 is 15.1 Å². The number of aliphatic hydroxyl groups excluding tert-OH is 1. The predicted molar refractivity (Wildman–Crippen MR) is 112 cm³/mol. The Kier molecular flexibility index (Phi) is 6.33. The van der Waals surface area contributed by atoms with Crippen molar-refractivity contribution in [1.29, 1.82) is 0 Å². The Hall–Kier alpha value is -2.46. The average molecular weight is 437 g/mol. The summed E-state index contributed by atoms with van der Waals surface area (Å²) in [5.41, 5.74) is 0.943. The lowest BCUT2D eigenvalue weighted by atomic mass is 10.2. The standard InChI is InChI=1S/C20H24FN3O5S/c21-17-10-14(2-4-18(17)23-5-7-30-8-6-23)24-11-16(29-20(24)27)12-28-19(26)22-13-1-3-15(25)9-13/h1-4,10,13,15-16,25H,5-9,11-12H2,(H,22,26)/t13-,15+,16+/m0/s1. The van der Waals surface area contributed by atoms with Crippen molar-refractivity contribution in [2.24, 2.45) is 0 Å². The van der Waals surface area contributed by atoms with Crippen molar-refractivity contribution in [3.8, 4) is 0 Å². The van der Waals surface area contributed by atoms with Gasteiger partial charge < -0.3 is 24.8 Å². The van der Waals surface area contributed by atoms with Crippen molar-refractivity contribution in [3.05, 3.63) is 36.2 Å². The van der Waals surface area contributed by atoms with Gasteiger partial charge in [-0.25, -0.2) is 14.0 Å². The molecule has 0 saturated carbocycles. The first-order valence-electron chi connectivity index (χ1n) is 9.89. The number of nitrogens with zero attached hydrogens (tertiary/aromatic N) is 2. The number of carbonyl (C=O) groups is 2. The molecule has 1 aromatic rings. The third-order valence-electron chi connectivity index (χ3n) is 5.23. The number of halogens is 1. The summed E-state index contributed by atoms with van der Waals surface area (Å²) < 4.78 is 25.0. The molecule has 3 aliphatic rings. The van der Waals surface area contributed by atoms with Crippen molar-refractivity contribution in [2.75, 3.05) is 47.5 Å². The van der Waals surface area contributed by atoms with E-state index in [4.69, 9.17) is 9.47 Å². The van der Waals surface area contributed by atoms with E-state index in [9.17, 15) is 19.1 Å². The molecule has 0 spiro atoms. The summed E-state index contributed by atoms with van der Waals surface area (Å²) in [7, 11) is 0. The van der Waals surface area contributed by atoms with Gasteiger partial charge in [0.25, 0.3) is 0 Å². The predicted octanol–water partition coefficient (Wildman–Crippen LogP) is 2.12. The second-order valence-corrected chi connectivity index (χ2v) is 8.61. The lowest BCUT2D eigenvalue weighted by Gasteiger charge is -2.29. The Morgan fingerprint density at radius 3 is 2.83 bits per heavy atom. The number of nitrogens with one attached hydrogen (secondary N) is 1. The molecule has 0 radical (unpaired) electrons. The van der Waals surface area contributed by atoms with Crippen LogP contribution in [0.5, 0.6) is 0 Å². The number of rotatable bonds is 5. The van der Waals surface area contributed by atoms with Crippen LogP contribution in [0.25, 0.3) is 0 Å². The minimum atomic E-state index is -0.650. The fraction of sp³-hybridized carbons (Fsp3) is 0.500. The summed E-state index contributed by atoms with van der Waals surface area (Å²) in [6, 6.07) is 4.45. The van der Waals surface area contributed by atoms with Gasteiger partial charge in [-0.1, -0.05) is 12.2 Å². The molecule has 10 heteroatoms. The monoisotopic (exact) mass is 437 g/mol. The Balaban J connectivity index is 1.30. The molecule has 1 aromatic carbocycles. The highest BCUT2D eigenvalue weighted by atomic mass is 32.2. The molecular weight excluding hydrogens is 413 g/mol. The molecule has 0 unspecified atom stereocenters. The maximum Gasteiger partial charge on any atom is 0.414 e. The lowest BCUT2D eigenvalue weighted by molar-refractivity contribution is 0.0723. The van der Waals surface area contributed by atoms with Crippen molar-refractivity contribution in [2.45, 2.75) is 24.7 Å². The molecule has 3 atom stereocenters. The van der Waals surface area contributed by atoms with Crippen molar-refractivity contribution in [1.82, 2.24) is 5.32 Å². The van der Waals surface area contributed by atoms with Crippen LogP contribution in [-0.4, -0.2) is 73.3 Å². The molecule has 2 N–H and O–H groups in total. The SMILES string of the molecule is O=C(N[C@H]1C=C[C@@H](O)C1)OC[C@H]1CN(c2ccc(N3CCSCC3)c(F)c2)C(=O)O1. The maximum absolute atomic E-state index is 14.7. The highest BCUT2D eigenvalue weighted by molar-refractivity contribution is 7.99. The number of ether oxygens (including phenoxy) is 2. The summed E-state index contributed by atoms with van der Waals surface area (Å²) in [5.74, 6) is 1.55. The fourth-order valence-electron chi connectivity index (χ4n) is 3.69. The van der Waals surface area contributed by atoms with Gasteiger partial charge in [0.1, 0.15) is 12.4 Å². The molecule has 30 heavy (non-hydrogen) atoms. The molecule has 2 saturated heterocycles. The normalized spacial score (nSPS) is 26.1. The van der Waals surface area contributed by atoms with Gasteiger partial charge in [0, 0.05) is 31.0 Å². The van der Waals surface area contributed by atoms with Crippen molar-refractivity contribution < 1.29 is 28.6 Å². The summed E-state index contributed by atoms with van der Waals surface area (Å²) in [6.45, 7) is 1.64. The topological polar surface area (TPSA) is 91.3 Å². The van der Waals surface area contributed by atoms with Gasteiger partial charge in [-0.15, -0.1) is 0 Å². The van der Waals surface area contributed by atoms with E-state index in [1.54, 1.807) is 24.3 Å². The summed E-state index contributed by atoms with van der Waals surface area (Å²) >= 11 is 1.85. The van der Waals surface area contributed by atoms with Crippen molar-refractivity contribution >= 4 is 35.3 Å². The minimum absolute atomic E-state index is 0.112. The number of carbonyl (C=O) groups excluding carboxylic acids is 2. The van der Waals surface area contributed by atoms with Gasteiger partial charge >= 0.3 is 12.2 Å². The zero-order chi connectivity index (χ0) is 21.1. The van der Waals surface area contributed by atoms with E-state index in [-0.39, 0.29) is 25.0 Å². The highest BCUT2D eigenvalue weighted by Crippen LogP contribution is 2.29. The van der Waals surface area contributed by atoms with E-state index in [0.717, 1.165) is 24.6 Å². The third kappa shape index (κ3) is 4.81. The molecule has 2 heterocycles. The number of alkyl carbamates (subject to hydrolysis) is 1. The van der Waals surface area contributed by atoms with Gasteiger partial charge in [-0.2, -0.15) is 11.8 Å². The lowest BCUT2D eigenvalue weighted by Crippen LogP contribution is -2.35. The van der Waals surface area contributed by atoms with Crippen LogP contribution in [0.2, 0.25) is 0 Å². The summed E-state index contributed by atoms with van der Waals surface area (Å²) in [6.07, 6.45) is 1.24. The fourth-order valence-corrected chi connectivity index (χ4v) is 4.60. The Morgan fingerprint density at radius 1 is 1.33 bits per heavy atom. The molecular formula is C20H24FN3O5S. The largest absolute Gasteiger partial charge is 0.446 e. The number of amides is 2. The van der Waals surface area contributed by atoms with Crippen LogP contribution in [-0.2, 0) is 9.47 Å². The van der Waals surface area contributed by atoms with E-state index in [0.29, 0.717) is 17.8 Å². The molecule has 0 bridgehead atoms. The van der Waals surface area contributed by atoms with Crippen molar-refractivity contribution in [3.63, 3.8) is 0 Å².